The van der Waals surface area contributed by atoms with Crippen LogP contribution in [0.25, 0.3) is 11.0 Å². The number of benzene rings is 1. The average Bonchev–Trinajstić information content (AvgIpc) is 3.14. The lowest BCUT2D eigenvalue weighted by molar-refractivity contribution is 0.0630. The van der Waals surface area contributed by atoms with Crippen molar-refractivity contribution < 1.29 is 13.6 Å². The van der Waals surface area contributed by atoms with Crippen molar-refractivity contribution in [3.05, 3.63) is 65.6 Å². The molecule has 28 heavy (non-hydrogen) atoms. The summed E-state index contributed by atoms with van der Waals surface area (Å²) in [5.41, 5.74) is 2.58. The number of hydrogen-bond acceptors (Lipinski definition) is 6. The maximum absolute atomic E-state index is 13.2. The third-order valence-electron chi connectivity index (χ3n) is 5.45. The monoisotopic (exact) mass is 375 g/mol. The molecule has 2 aliphatic rings. The molecule has 1 fully saturated rings. The van der Waals surface area contributed by atoms with Gasteiger partial charge in [0, 0.05) is 30.0 Å². The number of rotatable bonds is 3. The first-order valence-corrected chi connectivity index (χ1v) is 9.43. The van der Waals surface area contributed by atoms with E-state index in [2.05, 4.69) is 20.2 Å². The number of carbonyl (C=O) groups is 1. The standard InChI is InChI=1S/C20H17N5O3/c26-20(19-24-23-18(28-19)11-5-6-11)25-8-7-13-16(22-10-21-13)17(25)15-9-12-3-1-2-4-14(12)27-15/h1-4,9-11,17H,5-8H2,(H,21,22)/t17-/m1/s1. The first kappa shape index (κ1) is 15.6. The third-order valence-corrected chi connectivity index (χ3v) is 5.45. The predicted molar refractivity (Wildman–Crippen MR) is 97.7 cm³/mol. The van der Waals surface area contributed by atoms with E-state index in [0.29, 0.717) is 30.5 Å². The van der Waals surface area contributed by atoms with Gasteiger partial charge in [-0.2, -0.15) is 0 Å². The van der Waals surface area contributed by atoms with Crippen molar-refractivity contribution in [1.82, 2.24) is 25.1 Å². The Morgan fingerprint density at radius 2 is 2.07 bits per heavy atom. The van der Waals surface area contributed by atoms with Crippen molar-refractivity contribution in [3.8, 4) is 0 Å². The molecule has 1 aliphatic carbocycles. The molecule has 8 nitrogen and oxygen atoms in total. The van der Waals surface area contributed by atoms with Crippen LogP contribution in [0.2, 0.25) is 0 Å². The zero-order valence-electron chi connectivity index (χ0n) is 15.0. The number of hydrogen-bond donors (Lipinski definition) is 1. The van der Waals surface area contributed by atoms with Crippen molar-refractivity contribution in [2.24, 2.45) is 0 Å². The van der Waals surface area contributed by atoms with E-state index in [-0.39, 0.29) is 11.8 Å². The Bertz CT molecular complexity index is 1150. The van der Waals surface area contributed by atoms with Gasteiger partial charge in [-0.1, -0.05) is 18.2 Å². The summed E-state index contributed by atoms with van der Waals surface area (Å²) in [6, 6.07) is 9.32. The van der Waals surface area contributed by atoms with Gasteiger partial charge in [0.15, 0.2) is 0 Å². The van der Waals surface area contributed by atoms with Gasteiger partial charge in [-0.05, 0) is 25.0 Å². The number of para-hydroxylation sites is 1. The predicted octanol–water partition coefficient (Wildman–Crippen LogP) is 3.20. The minimum absolute atomic E-state index is 0.0296. The first-order valence-electron chi connectivity index (χ1n) is 9.43. The first-order chi connectivity index (χ1) is 13.8. The molecule has 0 saturated heterocycles. The van der Waals surface area contributed by atoms with Gasteiger partial charge < -0.3 is 18.7 Å². The Labute approximate surface area is 159 Å². The molecule has 1 aliphatic heterocycles. The molecular formula is C20H17N5O3. The zero-order chi connectivity index (χ0) is 18.7. The van der Waals surface area contributed by atoms with Crippen LogP contribution in [0.5, 0.6) is 0 Å². The van der Waals surface area contributed by atoms with Gasteiger partial charge in [-0.15, -0.1) is 10.2 Å². The molecule has 0 unspecified atom stereocenters. The molecule has 4 aromatic rings. The highest BCUT2D eigenvalue weighted by atomic mass is 16.4. The number of furan rings is 1. The summed E-state index contributed by atoms with van der Waals surface area (Å²) in [6.07, 6.45) is 4.42. The van der Waals surface area contributed by atoms with Gasteiger partial charge in [0.05, 0.1) is 12.0 Å². The number of fused-ring (bicyclic) bond motifs is 2. The number of amides is 1. The SMILES string of the molecule is O=C(c1nnc(C2CC2)o1)N1CCc2[nH]cnc2[C@H]1c1cc2ccccc2o1. The molecule has 8 heteroatoms. The van der Waals surface area contributed by atoms with Crippen LogP contribution in [0.15, 0.2) is 45.5 Å². The minimum atomic E-state index is -0.439. The molecule has 0 spiro atoms. The van der Waals surface area contributed by atoms with Crippen LogP contribution < -0.4 is 0 Å². The fourth-order valence-electron chi connectivity index (χ4n) is 3.86. The number of nitrogens with zero attached hydrogens (tertiary/aromatic N) is 4. The van der Waals surface area contributed by atoms with Gasteiger partial charge in [-0.3, -0.25) is 4.79 Å². The Morgan fingerprint density at radius 1 is 1.18 bits per heavy atom. The second kappa shape index (κ2) is 5.79. The molecule has 0 bridgehead atoms. The van der Waals surface area contributed by atoms with Crippen molar-refractivity contribution in [2.45, 2.75) is 31.2 Å². The smallest absolute Gasteiger partial charge is 0.312 e. The number of aromatic nitrogens is 4. The van der Waals surface area contributed by atoms with Crippen LogP contribution in [-0.4, -0.2) is 37.5 Å². The fraction of sp³-hybridized carbons (Fsp3) is 0.300. The quantitative estimate of drug-likeness (QED) is 0.590. The maximum atomic E-state index is 13.2. The molecule has 4 heterocycles. The van der Waals surface area contributed by atoms with E-state index in [0.717, 1.165) is 35.2 Å². The van der Waals surface area contributed by atoms with E-state index >= 15 is 0 Å². The number of imidazole rings is 1. The lowest BCUT2D eigenvalue weighted by Gasteiger charge is -2.32. The second-order valence-corrected chi connectivity index (χ2v) is 7.32. The highest BCUT2D eigenvalue weighted by molar-refractivity contribution is 5.90. The van der Waals surface area contributed by atoms with E-state index in [9.17, 15) is 4.79 Å². The number of aromatic amines is 1. The molecule has 3 aromatic heterocycles. The lowest BCUT2D eigenvalue weighted by Crippen LogP contribution is -2.40. The summed E-state index contributed by atoms with van der Waals surface area (Å²) >= 11 is 0. The van der Waals surface area contributed by atoms with Crippen molar-refractivity contribution in [2.75, 3.05) is 6.54 Å². The summed E-state index contributed by atoms with van der Waals surface area (Å²) in [5.74, 6) is 1.27. The normalized spacial score (nSPS) is 19.1. The third kappa shape index (κ3) is 2.37. The summed E-state index contributed by atoms with van der Waals surface area (Å²) < 4.78 is 11.8. The topological polar surface area (TPSA) is 101 Å². The molecule has 1 N–H and O–H groups in total. The maximum Gasteiger partial charge on any atom is 0.312 e. The zero-order valence-corrected chi connectivity index (χ0v) is 15.0. The van der Waals surface area contributed by atoms with Gasteiger partial charge in [0.1, 0.15) is 17.4 Å². The lowest BCUT2D eigenvalue weighted by atomic mass is 10.00. The molecular weight excluding hydrogens is 358 g/mol. The number of H-pyrrole nitrogens is 1. The molecule has 1 aromatic carbocycles. The molecule has 0 radical (unpaired) electrons. The largest absolute Gasteiger partial charge is 0.458 e. The fourth-order valence-corrected chi connectivity index (χ4v) is 3.86. The Balaban J connectivity index is 1.43. The number of nitrogens with one attached hydrogen (secondary N) is 1. The van der Waals surface area contributed by atoms with Crippen molar-refractivity contribution in [1.29, 1.82) is 0 Å². The van der Waals surface area contributed by atoms with E-state index in [4.69, 9.17) is 8.83 Å². The van der Waals surface area contributed by atoms with Crippen LogP contribution in [0.4, 0.5) is 0 Å². The van der Waals surface area contributed by atoms with Crippen LogP contribution in [0.3, 0.4) is 0 Å². The average molecular weight is 375 g/mol. The van der Waals surface area contributed by atoms with E-state index in [1.807, 2.05) is 30.3 Å². The number of carbonyl (C=O) groups excluding carboxylic acids is 1. The minimum Gasteiger partial charge on any atom is -0.458 e. The molecule has 6 rings (SSSR count). The summed E-state index contributed by atoms with van der Waals surface area (Å²) in [6.45, 7) is 0.511. The van der Waals surface area contributed by atoms with E-state index in [1.165, 1.54) is 0 Å². The van der Waals surface area contributed by atoms with Crippen LogP contribution >= 0.6 is 0 Å². The van der Waals surface area contributed by atoms with Crippen molar-refractivity contribution >= 4 is 16.9 Å². The van der Waals surface area contributed by atoms with E-state index in [1.54, 1.807) is 11.2 Å². The molecule has 1 amide bonds. The molecule has 1 atom stereocenters. The Hall–Kier alpha value is -3.42. The summed E-state index contributed by atoms with van der Waals surface area (Å²) in [4.78, 5) is 22.6. The van der Waals surface area contributed by atoms with Gasteiger partial charge in [0.25, 0.3) is 0 Å². The van der Waals surface area contributed by atoms with Gasteiger partial charge in [-0.25, -0.2) is 4.98 Å². The second-order valence-electron chi connectivity index (χ2n) is 7.32. The van der Waals surface area contributed by atoms with Crippen LogP contribution in [0.1, 0.15) is 58.5 Å². The van der Waals surface area contributed by atoms with Crippen LogP contribution in [0, 0.1) is 0 Å². The highest BCUT2D eigenvalue weighted by Gasteiger charge is 2.39. The Morgan fingerprint density at radius 3 is 2.93 bits per heavy atom. The molecule has 1 saturated carbocycles. The summed E-state index contributed by atoms with van der Waals surface area (Å²) in [5, 5.41) is 9.04. The summed E-state index contributed by atoms with van der Waals surface area (Å²) in [7, 11) is 0. The van der Waals surface area contributed by atoms with Crippen molar-refractivity contribution in [3.63, 3.8) is 0 Å². The van der Waals surface area contributed by atoms with Gasteiger partial charge in [0.2, 0.25) is 5.89 Å². The van der Waals surface area contributed by atoms with E-state index < -0.39 is 6.04 Å². The van der Waals surface area contributed by atoms with Crippen LogP contribution in [-0.2, 0) is 6.42 Å². The highest BCUT2D eigenvalue weighted by Crippen LogP contribution is 2.40. The molecule has 140 valence electrons. The van der Waals surface area contributed by atoms with Gasteiger partial charge >= 0.3 is 11.8 Å². The Kier molecular flexibility index (Phi) is 3.23.